The Morgan fingerprint density at radius 1 is 1.31 bits per heavy atom. The van der Waals surface area contributed by atoms with E-state index in [2.05, 4.69) is 44.7 Å². The predicted octanol–water partition coefficient (Wildman–Crippen LogP) is 1.24. The quantitative estimate of drug-likeness (QED) is 0.767. The molecule has 0 radical (unpaired) electrons. The number of likely N-dealkylation sites (tertiary alicyclic amines) is 1. The fraction of sp³-hybridized carbons (Fsp3) is 1.00. The van der Waals surface area contributed by atoms with E-state index in [0.717, 1.165) is 18.9 Å². The lowest BCUT2D eigenvalue weighted by Crippen LogP contribution is -2.39. The minimum Gasteiger partial charge on any atom is -0.327 e. The number of hydrogen-bond acceptors (Lipinski definition) is 3. The molecule has 3 atom stereocenters. The number of nitrogens with zero attached hydrogens (tertiary/aromatic N) is 2. The first-order valence-corrected chi connectivity index (χ1v) is 6.54. The summed E-state index contributed by atoms with van der Waals surface area (Å²) in [6.07, 6.45) is 1.14. The lowest BCUT2D eigenvalue weighted by Gasteiger charge is -2.24. The summed E-state index contributed by atoms with van der Waals surface area (Å²) in [5.41, 5.74) is 6.17. The zero-order chi connectivity index (χ0) is 12.3. The van der Waals surface area contributed by atoms with Gasteiger partial charge in [0.1, 0.15) is 0 Å². The maximum atomic E-state index is 6.17. The molecule has 0 aromatic heterocycles. The van der Waals surface area contributed by atoms with Crippen molar-refractivity contribution in [3.8, 4) is 0 Å². The smallest absolute Gasteiger partial charge is 0.0254 e. The molecule has 3 unspecified atom stereocenters. The second-order valence-corrected chi connectivity index (χ2v) is 6.12. The third kappa shape index (κ3) is 4.04. The zero-order valence-corrected chi connectivity index (χ0v) is 11.6. The second kappa shape index (κ2) is 5.99. The highest BCUT2D eigenvalue weighted by Gasteiger charge is 2.31. The first-order chi connectivity index (χ1) is 7.40. The fourth-order valence-corrected chi connectivity index (χ4v) is 2.88. The summed E-state index contributed by atoms with van der Waals surface area (Å²) in [6.45, 7) is 10.3. The molecule has 1 aliphatic rings. The lowest BCUT2D eigenvalue weighted by molar-refractivity contribution is 0.244. The summed E-state index contributed by atoms with van der Waals surface area (Å²) >= 11 is 0. The van der Waals surface area contributed by atoms with Gasteiger partial charge in [-0.1, -0.05) is 20.8 Å². The van der Waals surface area contributed by atoms with Gasteiger partial charge in [-0.15, -0.1) is 0 Å². The van der Waals surface area contributed by atoms with E-state index in [1.807, 2.05) is 0 Å². The van der Waals surface area contributed by atoms with Crippen molar-refractivity contribution in [2.24, 2.45) is 17.6 Å². The van der Waals surface area contributed by atoms with Gasteiger partial charge in [0.05, 0.1) is 0 Å². The van der Waals surface area contributed by atoms with Crippen LogP contribution in [0.5, 0.6) is 0 Å². The van der Waals surface area contributed by atoms with E-state index in [1.54, 1.807) is 0 Å². The van der Waals surface area contributed by atoms with E-state index >= 15 is 0 Å². The normalized spacial score (nSPS) is 29.2. The van der Waals surface area contributed by atoms with Crippen molar-refractivity contribution in [3.63, 3.8) is 0 Å². The minimum atomic E-state index is 0.341. The maximum absolute atomic E-state index is 6.17. The van der Waals surface area contributed by atoms with Gasteiger partial charge >= 0.3 is 0 Å². The van der Waals surface area contributed by atoms with Gasteiger partial charge in [-0.25, -0.2) is 0 Å². The van der Waals surface area contributed by atoms with E-state index < -0.39 is 0 Å². The molecule has 0 spiro atoms. The SMILES string of the molecule is CC(C)CC(N)CN1CC(C)C(N(C)C)C1. The molecule has 0 aliphatic carbocycles. The van der Waals surface area contributed by atoms with Crippen molar-refractivity contribution >= 4 is 0 Å². The summed E-state index contributed by atoms with van der Waals surface area (Å²) in [4.78, 5) is 4.88. The van der Waals surface area contributed by atoms with Crippen molar-refractivity contribution < 1.29 is 0 Å². The van der Waals surface area contributed by atoms with E-state index in [0.29, 0.717) is 18.0 Å². The molecule has 1 heterocycles. The monoisotopic (exact) mass is 227 g/mol. The van der Waals surface area contributed by atoms with Crippen LogP contribution < -0.4 is 5.73 Å². The number of hydrogen-bond donors (Lipinski definition) is 1. The van der Waals surface area contributed by atoms with Crippen LogP contribution in [0.2, 0.25) is 0 Å². The first kappa shape index (κ1) is 13.9. The van der Waals surface area contributed by atoms with Gasteiger partial charge in [-0.2, -0.15) is 0 Å². The Balaban J connectivity index is 2.35. The number of rotatable bonds is 5. The summed E-state index contributed by atoms with van der Waals surface area (Å²) in [5.74, 6) is 1.47. The molecular weight excluding hydrogens is 198 g/mol. The van der Waals surface area contributed by atoms with Crippen LogP contribution in [0, 0.1) is 11.8 Å². The molecule has 1 fully saturated rings. The van der Waals surface area contributed by atoms with Gasteiger partial charge in [0, 0.05) is 31.7 Å². The summed E-state index contributed by atoms with van der Waals surface area (Å²) in [6, 6.07) is 1.04. The highest BCUT2D eigenvalue weighted by Crippen LogP contribution is 2.20. The van der Waals surface area contributed by atoms with E-state index in [4.69, 9.17) is 5.73 Å². The molecule has 0 aromatic rings. The van der Waals surface area contributed by atoms with Crippen LogP contribution in [0.4, 0.5) is 0 Å². The minimum absolute atomic E-state index is 0.341. The molecule has 0 bridgehead atoms. The van der Waals surface area contributed by atoms with Crippen molar-refractivity contribution in [3.05, 3.63) is 0 Å². The van der Waals surface area contributed by atoms with Gasteiger partial charge in [-0.05, 0) is 32.4 Å². The van der Waals surface area contributed by atoms with E-state index in [1.165, 1.54) is 13.1 Å². The molecule has 1 rings (SSSR count). The van der Waals surface area contributed by atoms with Crippen molar-refractivity contribution in [2.45, 2.75) is 39.3 Å². The molecular formula is C13H29N3. The molecule has 96 valence electrons. The largest absolute Gasteiger partial charge is 0.327 e. The van der Waals surface area contributed by atoms with Crippen LogP contribution in [0.3, 0.4) is 0 Å². The Bertz CT molecular complexity index is 203. The topological polar surface area (TPSA) is 32.5 Å². The van der Waals surface area contributed by atoms with Crippen LogP contribution in [-0.2, 0) is 0 Å². The molecule has 1 aliphatic heterocycles. The van der Waals surface area contributed by atoms with Gasteiger partial charge in [0.25, 0.3) is 0 Å². The van der Waals surface area contributed by atoms with Gasteiger partial charge < -0.3 is 10.6 Å². The molecule has 0 amide bonds. The summed E-state index contributed by atoms with van der Waals surface area (Å²) in [7, 11) is 4.36. The average Bonchev–Trinajstić information content (AvgIpc) is 2.44. The van der Waals surface area contributed by atoms with Crippen LogP contribution in [-0.4, -0.2) is 55.6 Å². The number of nitrogens with two attached hydrogens (primary N) is 1. The average molecular weight is 227 g/mol. The maximum Gasteiger partial charge on any atom is 0.0254 e. The van der Waals surface area contributed by atoms with Crippen LogP contribution in [0.15, 0.2) is 0 Å². The van der Waals surface area contributed by atoms with Crippen molar-refractivity contribution in [2.75, 3.05) is 33.7 Å². The highest BCUT2D eigenvalue weighted by molar-refractivity contribution is 4.88. The number of likely N-dealkylation sites (N-methyl/N-ethyl adjacent to an activating group) is 1. The van der Waals surface area contributed by atoms with E-state index in [9.17, 15) is 0 Å². The van der Waals surface area contributed by atoms with Gasteiger partial charge in [0.15, 0.2) is 0 Å². The fourth-order valence-electron chi connectivity index (χ4n) is 2.88. The van der Waals surface area contributed by atoms with E-state index in [-0.39, 0.29) is 0 Å². The molecule has 3 nitrogen and oxygen atoms in total. The molecule has 2 N–H and O–H groups in total. The second-order valence-electron chi connectivity index (χ2n) is 6.12. The summed E-state index contributed by atoms with van der Waals surface area (Å²) < 4.78 is 0. The third-order valence-corrected chi connectivity index (χ3v) is 3.58. The molecule has 3 heteroatoms. The Morgan fingerprint density at radius 3 is 2.38 bits per heavy atom. The van der Waals surface area contributed by atoms with Crippen molar-refractivity contribution in [1.82, 2.24) is 9.80 Å². The standard InChI is InChI=1S/C13H29N3/c1-10(2)6-12(14)8-16-7-11(3)13(9-16)15(4)5/h10-13H,6-9,14H2,1-5H3. The Hall–Kier alpha value is -0.120. The zero-order valence-electron chi connectivity index (χ0n) is 11.6. The molecule has 0 saturated carbocycles. The van der Waals surface area contributed by atoms with Crippen LogP contribution in [0.1, 0.15) is 27.2 Å². The highest BCUT2D eigenvalue weighted by atomic mass is 15.2. The van der Waals surface area contributed by atoms with Crippen LogP contribution >= 0.6 is 0 Å². The predicted molar refractivity (Wildman–Crippen MR) is 70.5 cm³/mol. The molecule has 16 heavy (non-hydrogen) atoms. The van der Waals surface area contributed by atoms with Gasteiger partial charge in [0.2, 0.25) is 0 Å². The molecule has 0 aromatic carbocycles. The van der Waals surface area contributed by atoms with Gasteiger partial charge in [-0.3, -0.25) is 4.90 Å². The first-order valence-electron chi connectivity index (χ1n) is 6.54. The lowest BCUT2D eigenvalue weighted by atomic mass is 10.0. The Morgan fingerprint density at radius 2 is 1.94 bits per heavy atom. The Kier molecular flexibility index (Phi) is 5.22. The third-order valence-electron chi connectivity index (χ3n) is 3.58. The molecule has 1 saturated heterocycles. The summed E-state index contributed by atoms with van der Waals surface area (Å²) in [5, 5.41) is 0. The van der Waals surface area contributed by atoms with Crippen LogP contribution in [0.25, 0.3) is 0 Å². The Labute approximate surface area is 101 Å². The van der Waals surface area contributed by atoms with Crippen molar-refractivity contribution in [1.29, 1.82) is 0 Å².